The molecule has 0 aliphatic carbocycles. The van der Waals surface area contributed by atoms with E-state index >= 15 is 0 Å². The third kappa shape index (κ3) is 13.5. The van der Waals surface area contributed by atoms with E-state index in [1.807, 2.05) is 24.3 Å². The Morgan fingerprint density at radius 1 is 0.585 bits per heavy atom. The molecule has 0 aliphatic heterocycles. The summed E-state index contributed by atoms with van der Waals surface area (Å²) in [6.07, 6.45) is 5.30. The van der Waals surface area contributed by atoms with Gasteiger partial charge in [-0.25, -0.2) is 0 Å². The first-order valence-electron chi connectivity index (χ1n) is 19.5. The summed E-state index contributed by atoms with van der Waals surface area (Å²) in [5.74, 6) is 1.06. The van der Waals surface area contributed by atoms with Crippen LogP contribution in [0.3, 0.4) is 0 Å². The maximum atomic E-state index is 13.5. The van der Waals surface area contributed by atoms with E-state index in [4.69, 9.17) is 9.47 Å². The van der Waals surface area contributed by atoms with Crippen LogP contribution in [0.25, 0.3) is 19.3 Å². The molecule has 0 spiro atoms. The predicted octanol–water partition coefficient (Wildman–Crippen LogP) is 9.75. The quantitative estimate of drug-likeness (QED) is 0.0524. The number of rotatable bonds is 20. The van der Waals surface area contributed by atoms with Crippen LogP contribution in [0.2, 0.25) is 0 Å². The molecule has 2 aromatic heterocycles. The van der Waals surface area contributed by atoms with Gasteiger partial charge in [0.2, 0.25) is 0 Å². The Bertz CT molecular complexity index is 1700. The van der Waals surface area contributed by atoms with E-state index in [9.17, 15) is 9.59 Å². The average Bonchev–Trinajstić information content (AvgIpc) is 3.59. The normalized spacial score (nSPS) is 13.1. The van der Waals surface area contributed by atoms with E-state index in [1.54, 1.807) is 0 Å². The van der Waals surface area contributed by atoms with Crippen LogP contribution in [0, 0.1) is 21.7 Å². The van der Waals surface area contributed by atoms with Gasteiger partial charge in [-0.1, -0.05) is 0 Å². The van der Waals surface area contributed by atoms with Crippen molar-refractivity contribution >= 4 is 60.2 Å². The van der Waals surface area contributed by atoms with Gasteiger partial charge >= 0.3 is 334 Å². The molecule has 0 atom stereocenters. The molecule has 292 valence electrons. The monoisotopic (exact) mass is 858 g/mol. The van der Waals surface area contributed by atoms with E-state index in [0.717, 1.165) is 56.0 Å². The number of esters is 2. The Balaban J connectivity index is 1.33. The number of nitrogens with one attached hydrogen (secondary N) is 2. The van der Waals surface area contributed by atoms with Gasteiger partial charge in [-0.15, -0.1) is 0 Å². The fourth-order valence-electron chi connectivity index (χ4n) is 9.00. The summed E-state index contributed by atoms with van der Waals surface area (Å²) in [6, 6.07) is 13.1. The molecule has 0 saturated heterocycles. The van der Waals surface area contributed by atoms with E-state index in [0.29, 0.717) is 36.4 Å². The van der Waals surface area contributed by atoms with E-state index in [1.165, 1.54) is 19.6 Å². The SMILES string of the molecule is CC(C)NCCc1c[se]c2cccc(OC(=O)CC(C)(C)CC(C)(C)CC(C)(C)CC(C)(C)CC(=O)Oc3cccc4[se]cc(CCNC(C)C)c34)c12. The number of ether oxygens (including phenoxy) is 2. The first kappa shape index (κ1) is 43.5. The summed E-state index contributed by atoms with van der Waals surface area (Å²) < 4.78 is 14.8. The summed E-state index contributed by atoms with van der Waals surface area (Å²) in [5, 5.41) is 9.28. The van der Waals surface area contributed by atoms with Crippen molar-refractivity contribution in [1.82, 2.24) is 10.6 Å². The topological polar surface area (TPSA) is 76.7 Å². The first-order valence-corrected chi connectivity index (χ1v) is 23.2. The molecule has 6 nitrogen and oxygen atoms in total. The second-order valence-corrected chi connectivity index (χ2v) is 22.8. The summed E-state index contributed by atoms with van der Waals surface area (Å²) >= 11 is 0.537. The summed E-state index contributed by atoms with van der Waals surface area (Å²) in [4.78, 5) is 31.6. The molecule has 0 saturated carbocycles. The third-order valence-electron chi connectivity index (χ3n) is 9.73. The number of benzene rings is 2. The van der Waals surface area contributed by atoms with Gasteiger partial charge in [0, 0.05) is 0 Å². The number of carbonyl (C=O) groups excluding carboxylic acids is 2. The second-order valence-electron chi connectivity index (χ2n) is 19.0. The van der Waals surface area contributed by atoms with Crippen LogP contribution in [-0.4, -0.2) is 66.1 Å². The molecule has 53 heavy (non-hydrogen) atoms. The van der Waals surface area contributed by atoms with Crippen LogP contribution < -0.4 is 20.1 Å². The minimum absolute atomic E-state index is 0.0286. The predicted molar refractivity (Wildman–Crippen MR) is 225 cm³/mol. The summed E-state index contributed by atoms with van der Waals surface area (Å²) in [6.45, 7) is 28.5. The van der Waals surface area contributed by atoms with Gasteiger partial charge in [0.05, 0.1) is 0 Å². The number of fused-ring (bicyclic) bond motifs is 2. The number of carbonyl (C=O) groups is 2. The van der Waals surface area contributed by atoms with Gasteiger partial charge in [0.15, 0.2) is 0 Å². The minimum atomic E-state index is -0.243. The Labute approximate surface area is 332 Å². The van der Waals surface area contributed by atoms with Gasteiger partial charge in [-0.2, -0.15) is 0 Å². The van der Waals surface area contributed by atoms with Gasteiger partial charge in [-0.05, 0) is 0 Å². The van der Waals surface area contributed by atoms with Gasteiger partial charge in [-0.3, -0.25) is 0 Å². The molecule has 0 fully saturated rings. The average molecular weight is 857 g/mol. The number of hydrogen-bond donors (Lipinski definition) is 2. The fourth-order valence-corrected chi connectivity index (χ4v) is 13.2. The Kier molecular flexibility index (Phi) is 14.9. The molecule has 0 aliphatic rings. The van der Waals surface area contributed by atoms with Crippen molar-refractivity contribution in [3.8, 4) is 11.5 Å². The van der Waals surface area contributed by atoms with Crippen LogP contribution in [0.5, 0.6) is 11.5 Å². The Hall–Kier alpha value is -2.18. The van der Waals surface area contributed by atoms with Crippen molar-refractivity contribution in [2.45, 2.75) is 140 Å². The maximum absolute atomic E-state index is 13.5. The molecule has 4 aromatic rings. The first-order chi connectivity index (χ1) is 24.6. The van der Waals surface area contributed by atoms with E-state index in [-0.39, 0.29) is 62.6 Å². The molecule has 4 rings (SSSR count). The van der Waals surface area contributed by atoms with Crippen LogP contribution in [0.1, 0.15) is 126 Å². The molecule has 2 heterocycles. The second kappa shape index (κ2) is 18.2. The van der Waals surface area contributed by atoms with Crippen LogP contribution in [-0.2, 0) is 22.4 Å². The zero-order chi connectivity index (χ0) is 39.2. The van der Waals surface area contributed by atoms with E-state index in [2.05, 4.69) is 116 Å². The zero-order valence-electron chi connectivity index (χ0n) is 34.6. The van der Waals surface area contributed by atoms with Crippen molar-refractivity contribution in [2.75, 3.05) is 13.1 Å². The van der Waals surface area contributed by atoms with Crippen molar-refractivity contribution in [3.05, 3.63) is 57.4 Å². The standard InChI is InChI=1S/C45H66N2O4Se2/c1-30(2)46-21-19-32-25-52-36-17-13-15-34(40(32)36)50-38(48)23-42(5,6)27-44(9,10)29-45(11,12)28-43(7,8)24-39(49)51-35-16-14-18-37-41(35)33(26-53-37)20-22-47-31(3)4/h13-18,25-26,30-31,46-47H,19-24,27-29H2,1-12H3. The third-order valence-corrected chi connectivity index (χ3v) is 13.9. The zero-order valence-corrected chi connectivity index (χ0v) is 38.0. The van der Waals surface area contributed by atoms with Gasteiger partial charge in [0.25, 0.3) is 0 Å². The molecular weight excluding hydrogens is 790 g/mol. The number of hydrogen-bond acceptors (Lipinski definition) is 6. The van der Waals surface area contributed by atoms with Crippen LogP contribution >= 0.6 is 0 Å². The van der Waals surface area contributed by atoms with Gasteiger partial charge < -0.3 is 0 Å². The molecule has 0 bridgehead atoms. The van der Waals surface area contributed by atoms with Crippen LogP contribution in [0.15, 0.2) is 46.3 Å². The van der Waals surface area contributed by atoms with Crippen molar-refractivity contribution in [2.24, 2.45) is 21.7 Å². The van der Waals surface area contributed by atoms with Crippen molar-refractivity contribution in [3.63, 3.8) is 0 Å². The molecule has 0 radical (unpaired) electrons. The van der Waals surface area contributed by atoms with Gasteiger partial charge in [0.1, 0.15) is 0 Å². The molecule has 8 heteroatoms. The molecule has 2 N–H and O–H groups in total. The molecule has 0 amide bonds. The molecule has 0 unspecified atom stereocenters. The van der Waals surface area contributed by atoms with Crippen LogP contribution in [0.4, 0.5) is 0 Å². The summed E-state index contributed by atoms with van der Waals surface area (Å²) in [5.41, 5.74) is 2.03. The Morgan fingerprint density at radius 3 is 1.30 bits per heavy atom. The van der Waals surface area contributed by atoms with Crippen molar-refractivity contribution < 1.29 is 19.1 Å². The fraction of sp³-hybridized carbons (Fsp3) is 0.600. The molecular formula is C45H66N2O4Se2. The van der Waals surface area contributed by atoms with E-state index < -0.39 is 0 Å². The molecule has 2 aromatic carbocycles. The van der Waals surface area contributed by atoms with Crippen molar-refractivity contribution in [1.29, 1.82) is 0 Å². The Morgan fingerprint density at radius 2 is 0.943 bits per heavy atom. The summed E-state index contributed by atoms with van der Waals surface area (Å²) in [7, 11) is 0.